The van der Waals surface area contributed by atoms with Crippen LogP contribution in [0.5, 0.6) is 0 Å². The van der Waals surface area contributed by atoms with E-state index < -0.39 is 0 Å². The van der Waals surface area contributed by atoms with Gasteiger partial charge in [0.1, 0.15) is 0 Å². The van der Waals surface area contributed by atoms with E-state index in [1.165, 1.54) is 0 Å². The van der Waals surface area contributed by atoms with Crippen LogP contribution in [0.3, 0.4) is 0 Å². The summed E-state index contributed by atoms with van der Waals surface area (Å²) in [5, 5.41) is 6.55. The number of nitrogens with one attached hydrogen (secondary N) is 2. The van der Waals surface area contributed by atoms with Crippen LogP contribution in [0, 0.1) is 0 Å². The van der Waals surface area contributed by atoms with Crippen LogP contribution in [-0.4, -0.2) is 15.9 Å². The molecule has 24 heavy (non-hydrogen) atoms. The lowest BCUT2D eigenvalue weighted by Crippen LogP contribution is -2.03. The van der Waals surface area contributed by atoms with E-state index in [-0.39, 0.29) is 5.91 Å². The van der Waals surface area contributed by atoms with Crippen LogP contribution in [0.1, 0.15) is 5.56 Å². The molecule has 1 aliphatic rings. The van der Waals surface area contributed by atoms with E-state index in [1.54, 1.807) is 18.5 Å². The fraction of sp³-hybridized carbons (Fsp3) is 0.0556. The van der Waals surface area contributed by atoms with Crippen LogP contribution in [0.25, 0.3) is 11.1 Å². The number of halogens is 1. The van der Waals surface area contributed by atoms with Gasteiger partial charge in [-0.3, -0.25) is 4.79 Å². The average molecular weight is 337 g/mol. The monoisotopic (exact) mass is 336 g/mol. The van der Waals surface area contributed by atoms with E-state index in [1.807, 2.05) is 36.4 Å². The smallest absolute Gasteiger partial charge is 0.228 e. The number of carbonyl (C=O) groups is 1. The summed E-state index contributed by atoms with van der Waals surface area (Å²) >= 11 is 6.11. The Balaban J connectivity index is 1.57. The summed E-state index contributed by atoms with van der Waals surface area (Å²) < 4.78 is 0. The van der Waals surface area contributed by atoms with E-state index in [9.17, 15) is 4.79 Å². The average Bonchev–Trinajstić information content (AvgIpc) is 2.97. The fourth-order valence-corrected chi connectivity index (χ4v) is 2.80. The standard InChI is InChI=1S/C18H13ClN4O/c19-14-3-1-2-4-15(14)23-18-20-9-13(10-21-18)11-5-6-12-8-17(24)22-16(12)7-11/h1-7,9-10H,8H2,(H,22,24)(H,20,21,23). The minimum absolute atomic E-state index is 0.0256. The summed E-state index contributed by atoms with van der Waals surface area (Å²) in [7, 11) is 0. The summed E-state index contributed by atoms with van der Waals surface area (Å²) in [4.78, 5) is 20.1. The van der Waals surface area contributed by atoms with Crippen molar-refractivity contribution in [2.24, 2.45) is 0 Å². The zero-order valence-corrected chi connectivity index (χ0v) is 13.3. The Morgan fingerprint density at radius 2 is 1.83 bits per heavy atom. The van der Waals surface area contributed by atoms with Crippen molar-refractivity contribution in [2.45, 2.75) is 6.42 Å². The maximum absolute atomic E-state index is 11.4. The fourth-order valence-electron chi connectivity index (χ4n) is 2.62. The van der Waals surface area contributed by atoms with Gasteiger partial charge in [-0.25, -0.2) is 9.97 Å². The number of aromatic nitrogens is 2. The van der Waals surface area contributed by atoms with Crippen molar-refractivity contribution in [3.05, 3.63) is 65.4 Å². The molecule has 0 spiro atoms. The molecule has 4 rings (SSSR count). The normalized spacial score (nSPS) is 12.6. The number of carbonyl (C=O) groups excluding carboxylic acids is 1. The number of nitrogens with zero attached hydrogens (tertiary/aromatic N) is 2. The molecule has 2 N–H and O–H groups in total. The third-order valence-corrected chi connectivity index (χ3v) is 4.17. The molecular weight excluding hydrogens is 324 g/mol. The quantitative estimate of drug-likeness (QED) is 0.757. The van der Waals surface area contributed by atoms with E-state index in [0.29, 0.717) is 17.4 Å². The highest BCUT2D eigenvalue weighted by atomic mass is 35.5. The van der Waals surface area contributed by atoms with Crippen LogP contribution < -0.4 is 10.6 Å². The Bertz CT molecular complexity index is 925. The molecule has 0 unspecified atom stereocenters. The summed E-state index contributed by atoms with van der Waals surface area (Å²) in [6.07, 6.45) is 3.92. The largest absolute Gasteiger partial charge is 0.326 e. The summed E-state index contributed by atoms with van der Waals surface area (Å²) in [6.45, 7) is 0. The van der Waals surface area contributed by atoms with Crippen molar-refractivity contribution in [1.82, 2.24) is 9.97 Å². The number of rotatable bonds is 3. The zero-order chi connectivity index (χ0) is 16.5. The van der Waals surface area contributed by atoms with Crippen molar-refractivity contribution in [3.8, 4) is 11.1 Å². The van der Waals surface area contributed by atoms with Gasteiger partial charge in [-0.05, 0) is 29.3 Å². The molecule has 0 saturated heterocycles. The first-order chi connectivity index (χ1) is 11.7. The van der Waals surface area contributed by atoms with Crippen molar-refractivity contribution < 1.29 is 4.79 Å². The van der Waals surface area contributed by atoms with Gasteiger partial charge in [-0.15, -0.1) is 0 Å². The second-order valence-corrected chi connectivity index (χ2v) is 5.90. The molecule has 1 aliphatic heterocycles. The van der Waals surface area contributed by atoms with Gasteiger partial charge in [-0.1, -0.05) is 35.9 Å². The molecule has 0 atom stereocenters. The SMILES string of the molecule is O=C1Cc2ccc(-c3cnc(Nc4ccccc4Cl)nc3)cc2N1. The van der Waals surface area contributed by atoms with Crippen LogP contribution in [-0.2, 0) is 11.2 Å². The zero-order valence-electron chi connectivity index (χ0n) is 12.6. The minimum Gasteiger partial charge on any atom is -0.326 e. The van der Waals surface area contributed by atoms with E-state index in [2.05, 4.69) is 20.6 Å². The number of hydrogen-bond acceptors (Lipinski definition) is 4. The van der Waals surface area contributed by atoms with Gasteiger partial charge >= 0.3 is 0 Å². The molecule has 0 aliphatic carbocycles. The number of benzene rings is 2. The first-order valence-electron chi connectivity index (χ1n) is 7.46. The highest BCUT2D eigenvalue weighted by Crippen LogP contribution is 2.29. The van der Waals surface area contributed by atoms with Gasteiger partial charge in [0, 0.05) is 23.6 Å². The Labute approximate surface area is 143 Å². The lowest BCUT2D eigenvalue weighted by atomic mass is 10.1. The predicted octanol–water partition coefficient (Wildman–Crippen LogP) is 4.04. The molecule has 0 saturated carbocycles. The molecule has 5 nitrogen and oxygen atoms in total. The molecule has 1 aromatic heterocycles. The van der Waals surface area contributed by atoms with Crippen molar-refractivity contribution in [3.63, 3.8) is 0 Å². The number of para-hydroxylation sites is 1. The van der Waals surface area contributed by atoms with Gasteiger partial charge < -0.3 is 10.6 Å². The van der Waals surface area contributed by atoms with Crippen LogP contribution in [0.4, 0.5) is 17.3 Å². The Morgan fingerprint density at radius 3 is 2.62 bits per heavy atom. The minimum atomic E-state index is 0.0256. The molecule has 1 amide bonds. The Hall–Kier alpha value is -2.92. The number of hydrogen-bond donors (Lipinski definition) is 2. The lowest BCUT2D eigenvalue weighted by Gasteiger charge is -2.08. The lowest BCUT2D eigenvalue weighted by molar-refractivity contribution is -0.115. The molecule has 2 heterocycles. The predicted molar refractivity (Wildman–Crippen MR) is 94.5 cm³/mol. The number of fused-ring (bicyclic) bond motifs is 1. The summed E-state index contributed by atoms with van der Waals surface area (Å²) in [5.41, 5.74) is 4.47. The van der Waals surface area contributed by atoms with E-state index >= 15 is 0 Å². The molecule has 2 aromatic carbocycles. The third kappa shape index (κ3) is 2.81. The Kier molecular flexibility index (Phi) is 3.63. The summed E-state index contributed by atoms with van der Waals surface area (Å²) in [6, 6.07) is 13.3. The third-order valence-electron chi connectivity index (χ3n) is 3.84. The molecule has 118 valence electrons. The molecule has 6 heteroatoms. The van der Waals surface area contributed by atoms with Gasteiger partial charge in [-0.2, -0.15) is 0 Å². The second kappa shape index (κ2) is 5.94. The highest BCUT2D eigenvalue weighted by molar-refractivity contribution is 6.33. The number of anilines is 3. The highest BCUT2D eigenvalue weighted by Gasteiger charge is 2.17. The molecule has 0 fully saturated rings. The van der Waals surface area contributed by atoms with Crippen molar-refractivity contribution in [2.75, 3.05) is 10.6 Å². The van der Waals surface area contributed by atoms with Crippen LogP contribution in [0.15, 0.2) is 54.9 Å². The van der Waals surface area contributed by atoms with E-state index in [4.69, 9.17) is 11.6 Å². The van der Waals surface area contributed by atoms with Gasteiger partial charge in [0.05, 0.1) is 17.1 Å². The topological polar surface area (TPSA) is 66.9 Å². The second-order valence-electron chi connectivity index (χ2n) is 5.50. The summed E-state index contributed by atoms with van der Waals surface area (Å²) in [5.74, 6) is 0.499. The van der Waals surface area contributed by atoms with E-state index in [0.717, 1.165) is 28.1 Å². The van der Waals surface area contributed by atoms with Gasteiger partial charge in [0.2, 0.25) is 11.9 Å². The Morgan fingerprint density at radius 1 is 1.04 bits per heavy atom. The van der Waals surface area contributed by atoms with Gasteiger partial charge in [0.25, 0.3) is 0 Å². The molecule has 0 radical (unpaired) electrons. The van der Waals surface area contributed by atoms with Crippen LogP contribution >= 0.6 is 11.6 Å². The molecule has 0 bridgehead atoms. The maximum Gasteiger partial charge on any atom is 0.228 e. The maximum atomic E-state index is 11.4. The number of amides is 1. The first-order valence-corrected chi connectivity index (χ1v) is 7.83. The molecule has 3 aromatic rings. The van der Waals surface area contributed by atoms with Gasteiger partial charge in [0.15, 0.2) is 0 Å². The van der Waals surface area contributed by atoms with Crippen molar-refractivity contribution >= 4 is 34.8 Å². The first kappa shape index (κ1) is 14.7. The van der Waals surface area contributed by atoms with Crippen LogP contribution in [0.2, 0.25) is 5.02 Å². The van der Waals surface area contributed by atoms with Crippen molar-refractivity contribution in [1.29, 1.82) is 0 Å². The molecular formula is C18H13ClN4O.